The van der Waals surface area contributed by atoms with Gasteiger partial charge in [0.25, 0.3) is 0 Å². The Hall–Kier alpha value is -1.12. The van der Waals surface area contributed by atoms with Gasteiger partial charge >= 0.3 is 0 Å². The summed E-state index contributed by atoms with van der Waals surface area (Å²) in [6.45, 7) is 2.98. The molecule has 1 rings (SSSR count). The van der Waals surface area contributed by atoms with Crippen LogP contribution in [0.1, 0.15) is 26.7 Å². The fourth-order valence-corrected chi connectivity index (χ4v) is 2.71. The van der Waals surface area contributed by atoms with Crippen LogP contribution in [-0.2, 0) is 10.0 Å². The fourth-order valence-electron chi connectivity index (χ4n) is 1.52. The van der Waals surface area contributed by atoms with E-state index in [1.165, 1.54) is 0 Å². The summed E-state index contributed by atoms with van der Waals surface area (Å²) in [7, 11) is -4.38. The van der Waals surface area contributed by atoms with Gasteiger partial charge in [0.2, 0.25) is 10.0 Å². The molecule has 0 aromatic heterocycles. The van der Waals surface area contributed by atoms with Gasteiger partial charge in [-0.25, -0.2) is 26.3 Å². The average Bonchev–Trinajstić information content (AvgIpc) is 2.40. The van der Waals surface area contributed by atoms with Crippen molar-refractivity contribution in [2.75, 3.05) is 6.54 Å². The Morgan fingerprint density at radius 3 is 2.10 bits per heavy atom. The minimum Gasteiger partial charge on any atom is -0.389 e. The maximum absolute atomic E-state index is 13.4. The van der Waals surface area contributed by atoms with Gasteiger partial charge in [-0.15, -0.1) is 0 Å². The van der Waals surface area contributed by atoms with Gasteiger partial charge in [0.15, 0.2) is 11.6 Å². The lowest BCUT2D eigenvalue weighted by Crippen LogP contribution is -2.42. The molecule has 0 saturated heterocycles. The topological polar surface area (TPSA) is 66.4 Å². The molecular formula is C12H16F3NO3S. The SMILES string of the molecule is CCC(O)(CC)CNS(=O)(=O)c1cc(F)c(F)cc1F. The molecule has 0 heterocycles. The summed E-state index contributed by atoms with van der Waals surface area (Å²) in [6.07, 6.45) is 0.568. The van der Waals surface area contributed by atoms with Crippen LogP contribution in [0.2, 0.25) is 0 Å². The van der Waals surface area contributed by atoms with Crippen LogP contribution in [0.15, 0.2) is 17.0 Å². The zero-order valence-corrected chi connectivity index (χ0v) is 11.9. The van der Waals surface area contributed by atoms with Crippen molar-refractivity contribution < 1.29 is 26.7 Å². The van der Waals surface area contributed by atoms with Crippen molar-refractivity contribution >= 4 is 10.0 Å². The van der Waals surface area contributed by atoms with Crippen molar-refractivity contribution in [3.05, 3.63) is 29.6 Å². The normalized spacial score (nSPS) is 12.7. The molecule has 1 aromatic rings. The van der Waals surface area contributed by atoms with Crippen LogP contribution in [0.5, 0.6) is 0 Å². The summed E-state index contributed by atoms with van der Waals surface area (Å²) >= 11 is 0. The van der Waals surface area contributed by atoms with E-state index in [2.05, 4.69) is 0 Å². The third-order valence-corrected chi connectivity index (χ3v) is 4.59. The standard InChI is InChI=1S/C12H16F3NO3S/c1-3-12(17,4-2)7-16-20(18,19)11-6-9(14)8(13)5-10(11)15/h5-6,16-17H,3-4,7H2,1-2H3. The quantitative estimate of drug-likeness (QED) is 0.789. The summed E-state index contributed by atoms with van der Waals surface area (Å²) in [5.41, 5.74) is -1.28. The molecule has 0 saturated carbocycles. The van der Waals surface area contributed by atoms with E-state index in [9.17, 15) is 26.7 Å². The van der Waals surface area contributed by atoms with Crippen molar-refractivity contribution in [2.45, 2.75) is 37.2 Å². The second-order valence-electron chi connectivity index (χ2n) is 4.45. The van der Waals surface area contributed by atoms with E-state index >= 15 is 0 Å². The zero-order valence-electron chi connectivity index (χ0n) is 11.1. The molecule has 0 radical (unpaired) electrons. The predicted molar refractivity (Wildman–Crippen MR) is 67.0 cm³/mol. The molecule has 0 aliphatic rings. The van der Waals surface area contributed by atoms with Crippen LogP contribution in [0.4, 0.5) is 13.2 Å². The Balaban J connectivity index is 3.04. The molecule has 2 N–H and O–H groups in total. The maximum Gasteiger partial charge on any atom is 0.243 e. The summed E-state index contributed by atoms with van der Waals surface area (Å²) in [5.74, 6) is -4.33. The second-order valence-corrected chi connectivity index (χ2v) is 6.19. The Labute approximate surface area is 115 Å². The Morgan fingerprint density at radius 2 is 1.60 bits per heavy atom. The lowest BCUT2D eigenvalue weighted by molar-refractivity contribution is 0.0377. The van der Waals surface area contributed by atoms with Gasteiger partial charge in [0.1, 0.15) is 10.7 Å². The first-order chi connectivity index (χ1) is 9.15. The molecule has 0 fully saturated rings. The highest BCUT2D eigenvalue weighted by molar-refractivity contribution is 7.89. The Kier molecular flexibility index (Phi) is 5.17. The second kappa shape index (κ2) is 6.11. The van der Waals surface area contributed by atoms with Gasteiger partial charge < -0.3 is 5.11 Å². The first-order valence-electron chi connectivity index (χ1n) is 6.02. The molecule has 0 aliphatic heterocycles. The van der Waals surface area contributed by atoms with Gasteiger partial charge in [0.05, 0.1) is 5.60 Å². The van der Waals surface area contributed by atoms with E-state index in [1.807, 2.05) is 4.72 Å². The minimum absolute atomic E-state index is 0.162. The van der Waals surface area contributed by atoms with E-state index in [0.29, 0.717) is 0 Å². The maximum atomic E-state index is 13.4. The van der Waals surface area contributed by atoms with E-state index in [1.54, 1.807) is 13.8 Å². The van der Waals surface area contributed by atoms with Crippen molar-refractivity contribution in [3.8, 4) is 0 Å². The van der Waals surface area contributed by atoms with Gasteiger partial charge in [-0.05, 0) is 18.9 Å². The number of benzene rings is 1. The third-order valence-electron chi connectivity index (χ3n) is 3.17. The van der Waals surface area contributed by atoms with Crippen LogP contribution in [0.3, 0.4) is 0 Å². The lowest BCUT2D eigenvalue weighted by Gasteiger charge is -2.25. The molecular weight excluding hydrogens is 295 g/mol. The predicted octanol–water partition coefficient (Wildman–Crippen LogP) is 1.93. The van der Waals surface area contributed by atoms with Crippen LogP contribution in [0.25, 0.3) is 0 Å². The van der Waals surface area contributed by atoms with Crippen LogP contribution >= 0.6 is 0 Å². The van der Waals surface area contributed by atoms with Gasteiger partial charge in [-0.3, -0.25) is 0 Å². The molecule has 0 aliphatic carbocycles. The van der Waals surface area contributed by atoms with E-state index in [4.69, 9.17) is 0 Å². The van der Waals surface area contributed by atoms with Crippen molar-refractivity contribution in [3.63, 3.8) is 0 Å². The highest BCUT2D eigenvalue weighted by Gasteiger charge is 2.27. The molecule has 0 atom stereocenters. The third kappa shape index (κ3) is 3.71. The van der Waals surface area contributed by atoms with Gasteiger partial charge in [0, 0.05) is 12.6 Å². The number of hydrogen-bond acceptors (Lipinski definition) is 3. The Bertz CT molecular complexity index is 586. The summed E-state index contributed by atoms with van der Waals surface area (Å²) < 4.78 is 64.9. The molecule has 0 bridgehead atoms. The van der Waals surface area contributed by atoms with Gasteiger partial charge in [-0.1, -0.05) is 13.8 Å². The molecule has 20 heavy (non-hydrogen) atoms. The number of nitrogens with one attached hydrogen (secondary N) is 1. The number of aliphatic hydroxyl groups is 1. The first kappa shape index (κ1) is 16.9. The molecule has 1 aromatic carbocycles. The Morgan fingerprint density at radius 1 is 1.10 bits per heavy atom. The molecule has 0 unspecified atom stereocenters. The molecule has 8 heteroatoms. The zero-order chi connectivity index (χ0) is 15.6. The smallest absolute Gasteiger partial charge is 0.243 e. The molecule has 0 spiro atoms. The lowest BCUT2D eigenvalue weighted by atomic mass is 9.98. The fraction of sp³-hybridized carbons (Fsp3) is 0.500. The number of rotatable bonds is 6. The average molecular weight is 311 g/mol. The van der Waals surface area contributed by atoms with E-state index in [0.717, 1.165) is 0 Å². The first-order valence-corrected chi connectivity index (χ1v) is 7.50. The van der Waals surface area contributed by atoms with E-state index in [-0.39, 0.29) is 31.5 Å². The van der Waals surface area contributed by atoms with Crippen molar-refractivity contribution in [1.82, 2.24) is 4.72 Å². The minimum atomic E-state index is -4.38. The number of sulfonamides is 1. The highest BCUT2D eigenvalue weighted by atomic mass is 32.2. The number of hydrogen-bond donors (Lipinski definition) is 2. The van der Waals surface area contributed by atoms with E-state index < -0.39 is 38.0 Å². The number of halogens is 3. The van der Waals surface area contributed by atoms with Crippen LogP contribution < -0.4 is 4.72 Å². The summed E-state index contributed by atoms with van der Waals surface area (Å²) in [6, 6.07) is 0.430. The monoisotopic (exact) mass is 311 g/mol. The van der Waals surface area contributed by atoms with Gasteiger partial charge in [-0.2, -0.15) is 0 Å². The van der Waals surface area contributed by atoms with Crippen LogP contribution in [-0.4, -0.2) is 25.7 Å². The largest absolute Gasteiger partial charge is 0.389 e. The highest BCUT2D eigenvalue weighted by Crippen LogP contribution is 2.20. The molecule has 0 amide bonds. The van der Waals surface area contributed by atoms with Crippen molar-refractivity contribution in [1.29, 1.82) is 0 Å². The van der Waals surface area contributed by atoms with Crippen LogP contribution in [0, 0.1) is 17.5 Å². The summed E-state index contributed by atoms with van der Waals surface area (Å²) in [5, 5.41) is 9.95. The van der Waals surface area contributed by atoms with Crippen molar-refractivity contribution in [2.24, 2.45) is 0 Å². The molecule has 4 nitrogen and oxygen atoms in total. The molecule has 114 valence electrons. The summed E-state index contributed by atoms with van der Waals surface area (Å²) in [4.78, 5) is -0.994.